The maximum absolute atomic E-state index is 11.3. The van der Waals surface area contributed by atoms with Crippen LogP contribution in [-0.2, 0) is 21.1 Å². The predicted molar refractivity (Wildman–Crippen MR) is 146 cm³/mol. The van der Waals surface area contributed by atoms with Gasteiger partial charge in [-0.05, 0) is 73.4 Å². The molecule has 2 aliphatic rings. The number of allylic oxidation sites excluding steroid dienone is 3. The largest absolute Gasteiger partial charge is 0.481 e. The second-order valence-electron chi connectivity index (χ2n) is 10.3. The zero-order chi connectivity index (χ0) is 27.6. The molecule has 2 aromatic heterocycles. The quantitative estimate of drug-likeness (QED) is 0.309. The van der Waals surface area contributed by atoms with Crippen molar-refractivity contribution in [2.75, 3.05) is 25.2 Å². The van der Waals surface area contributed by atoms with Crippen LogP contribution in [0.4, 0.5) is 0 Å². The number of carboxylic acids is 1. The third-order valence-corrected chi connectivity index (χ3v) is 8.17. The highest BCUT2D eigenvalue weighted by molar-refractivity contribution is 7.90. The molecule has 2 aliphatic carbocycles. The molecule has 3 unspecified atom stereocenters. The third kappa shape index (κ3) is 6.32. The fourth-order valence-electron chi connectivity index (χ4n) is 5.01. The molecule has 2 aromatic rings. The van der Waals surface area contributed by atoms with Gasteiger partial charge in [-0.25, -0.2) is 18.4 Å². The smallest absolute Gasteiger partial charge is 0.307 e. The Morgan fingerprint density at radius 1 is 1.18 bits per heavy atom. The van der Waals surface area contributed by atoms with Crippen LogP contribution in [0.2, 0.25) is 0 Å². The highest BCUT2D eigenvalue weighted by Gasteiger charge is 2.59. The molecular formula is C29H34N2O6S. The summed E-state index contributed by atoms with van der Waals surface area (Å²) in [6.07, 6.45) is 9.68. The SMILES string of the molecule is C=CC(=CC(COc1cc2c(cn1)C1C(C2)C1C(=O)O)=C(C)C)c1cnc(OCCCS(C)(=O)=O)cc1C. The first kappa shape index (κ1) is 27.6. The Hall–Kier alpha value is -3.46. The molecule has 0 aliphatic heterocycles. The van der Waals surface area contributed by atoms with E-state index in [1.165, 1.54) is 6.26 Å². The number of hydrogen-bond acceptors (Lipinski definition) is 7. The van der Waals surface area contributed by atoms with E-state index >= 15 is 0 Å². The number of carbonyl (C=O) groups is 1. The fourth-order valence-corrected chi connectivity index (χ4v) is 5.65. The molecule has 0 amide bonds. The summed E-state index contributed by atoms with van der Waals surface area (Å²) in [4.78, 5) is 20.2. The number of rotatable bonds is 12. The third-order valence-electron chi connectivity index (χ3n) is 7.14. The standard InChI is InChI=1S/C29H34N2O6S/c1-6-19(23-14-30-25(10-18(23)4)36-8-7-9-38(5,34)35)11-21(17(2)3)16-37-26-13-20-12-22-27(24(20)15-31-26)28(22)29(32)33/h6,10-11,13-15,22,27-28H,1,7-9,12,16H2,2-5H3,(H,32,33). The van der Waals surface area contributed by atoms with Crippen LogP contribution >= 0.6 is 0 Å². The maximum Gasteiger partial charge on any atom is 0.307 e. The van der Waals surface area contributed by atoms with Crippen molar-refractivity contribution in [1.82, 2.24) is 9.97 Å². The Balaban J connectivity index is 1.42. The van der Waals surface area contributed by atoms with E-state index in [0.717, 1.165) is 45.4 Å². The number of aliphatic carboxylic acids is 1. The topological polar surface area (TPSA) is 116 Å². The minimum Gasteiger partial charge on any atom is -0.481 e. The molecule has 0 saturated heterocycles. The first-order valence-corrected chi connectivity index (χ1v) is 14.7. The summed E-state index contributed by atoms with van der Waals surface area (Å²) >= 11 is 0. The monoisotopic (exact) mass is 538 g/mol. The molecule has 3 atom stereocenters. The summed E-state index contributed by atoms with van der Waals surface area (Å²) in [5, 5.41) is 9.32. The normalized spacial score (nSPS) is 19.8. The number of ether oxygens (including phenoxy) is 2. The lowest BCUT2D eigenvalue weighted by atomic mass is 9.99. The van der Waals surface area contributed by atoms with Crippen LogP contribution in [0.3, 0.4) is 0 Å². The van der Waals surface area contributed by atoms with Crippen molar-refractivity contribution in [2.45, 2.75) is 39.5 Å². The second-order valence-corrected chi connectivity index (χ2v) is 12.5. The van der Waals surface area contributed by atoms with Crippen LogP contribution in [0.25, 0.3) is 5.57 Å². The van der Waals surface area contributed by atoms with Crippen LogP contribution in [0.1, 0.15) is 48.4 Å². The van der Waals surface area contributed by atoms with Gasteiger partial charge in [-0.1, -0.05) is 18.2 Å². The number of pyridine rings is 2. The molecular weight excluding hydrogens is 504 g/mol. The Morgan fingerprint density at radius 3 is 2.53 bits per heavy atom. The van der Waals surface area contributed by atoms with Gasteiger partial charge in [-0.2, -0.15) is 0 Å². The number of hydrogen-bond donors (Lipinski definition) is 1. The van der Waals surface area contributed by atoms with Crippen molar-refractivity contribution in [1.29, 1.82) is 0 Å². The Labute approximate surface area is 224 Å². The van der Waals surface area contributed by atoms with Gasteiger partial charge in [0.15, 0.2) is 0 Å². The van der Waals surface area contributed by atoms with Gasteiger partial charge >= 0.3 is 5.97 Å². The molecule has 8 nitrogen and oxygen atoms in total. The highest BCUT2D eigenvalue weighted by Crippen LogP contribution is 2.61. The van der Waals surface area contributed by atoms with Crippen LogP contribution in [0, 0.1) is 18.8 Å². The molecule has 0 radical (unpaired) electrons. The zero-order valence-corrected chi connectivity index (χ0v) is 23.0. The van der Waals surface area contributed by atoms with E-state index in [0.29, 0.717) is 24.8 Å². The van der Waals surface area contributed by atoms with Crippen molar-refractivity contribution in [3.63, 3.8) is 0 Å². The first-order chi connectivity index (χ1) is 18.0. The van der Waals surface area contributed by atoms with Crippen molar-refractivity contribution in [2.24, 2.45) is 11.8 Å². The average molecular weight is 539 g/mol. The zero-order valence-electron chi connectivity index (χ0n) is 22.2. The average Bonchev–Trinajstić information content (AvgIpc) is 3.44. The molecule has 38 heavy (non-hydrogen) atoms. The van der Waals surface area contributed by atoms with E-state index in [4.69, 9.17) is 9.47 Å². The lowest BCUT2D eigenvalue weighted by molar-refractivity contribution is -0.139. The molecule has 0 spiro atoms. The van der Waals surface area contributed by atoms with Gasteiger partial charge in [-0.3, -0.25) is 4.79 Å². The van der Waals surface area contributed by atoms with Gasteiger partial charge in [0.2, 0.25) is 11.8 Å². The lowest BCUT2D eigenvalue weighted by Crippen LogP contribution is -2.08. The van der Waals surface area contributed by atoms with E-state index < -0.39 is 15.8 Å². The van der Waals surface area contributed by atoms with Crippen LogP contribution in [0.15, 0.2) is 54.4 Å². The van der Waals surface area contributed by atoms with Crippen molar-refractivity contribution < 1.29 is 27.8 Å². The van der Waals surface area contributed by atoms with Gasteiger partial charge in [0.05, 0.1) is 18.3 Å². The molecule has 1 saturated carbocycles. The van der Waals surface area contributed by atoms with Gasteiger partial charge in [-0.15, -0.1) is 0 Å². The van der Waals surface area contributed by atoms with Crippen molar-refractivity contribution in [3.8, 4) is 11.8 Å². The molecule has 202 valence electrons. The lowest BCUT2D eigenvalue weighted by Gasteiger charge is -2.13. The Kier molecular flexibility index (Phi) is 8.06. The molecule has 1 fully saturated rings. The number of carboxylic acid groups (broad SMARTS) is 1. The van der Waals surface area contributed by atoms with Gasteiger partial charge in [0, 0.05) is 42.3 Å². The van der Waals surface area contributed by atoms with Crippen LogP contribution in [-0.4, -0.2) is 54.7 Å². The van der Waals surface area contributed by atoms with Crippen molar-refractivity contribution in [3.05, 3.63) is 76.7 Å². The number of fused-ring (bicyclic) bond motifs is 3. The molecule has 0 bridgehead atoms. The van der Waals surface area contributed by atoms with E-state index in [-0.39, 0.29) is 30.1 Å². The summed E-state index contributed by atoms with van der Waals surface area (Å²) in [6, 6.07) is 3.77. The minimum atomic E-state index is -3.01. The maximum atomic E-state index is 11.3. The Morgan fingerprint density at radius 2 is 1.89 bits per heavy atom. The first-order valence-electron chi connectivity index (χ1n) is 12.6. The minimum absolute atomic E-state index is 0.0775. The number of sulfone groups is 1. The fraction of sp³-hybridized carbons (Fsp3) is 0.414. The number of aromatic nitrogens is 2. The van der Waals surface area contributed by atoms with Gasteiger partial charge in [0.25, 0.3) is 0 Å². The van der Waals surface area contributed by atoms with Crippen LogP contribution < -0.4 is 9.47 Å². The second kappa shape index (κ2) is 11.1. The van der Waals surface area contributed by atoms with E-state index in [2.05, 4.69) is 16.5 Å². The van der Waals surface area contributed by atoms with E-state index in [1.807, 2.05) is 39.0 Å². The van der Waals surface area contributed by atoms with E-state index in [1.54, 1.807) is 18.5 Å². The number of nitrogens with zero attached hydrogens (tertiary/aromatic N) is 2. The molecule has 4 rings (SSSR count). The summed E-state index contributed by atoms with van der Waals surface area (Å²) < 4.78 is 34.2. The van der Waals surface area contributed by atoms with Gasteiger partial charge < -0.3 is 14.6 Å². The van der Waals surface area contributed by atoms with Gasteiger partial charge in [0.1, 0.15) is 16.4 Å². The highest BCUT2D eigenvalue weighted by atomic mass is 32.2. The molecule has 2 heterocycles. The summed E-state index contributed by atoms with van der Waals surface area (Å²) in [5.74, 6) is 0.344. The van der Waals surface area contributed by atoms with Crippen molar-refractivity contribution >= 4 is 21.4 Å². The summed E-state index contributed by atoms with van der Waals surface area (Å²) in [6.45, 7) is 10.6. The summed E-state index contributed by atoms with van der Waals surface area (Å²) in [7, 11) is -3.01. The summed E-state index contributed by atoms with van der Waals surface area (Å²) in [5.41, 5.74) is 6.99. The number of aryl methyl sites for hydroxylation is 1. The molecule has 0 aromatic carbocycles. The van der Waals surface area contributed by atoms with E-state index in [9.17, 15) is 18.3 Å². The van der Waals surface area contributed by atoms with Crippen LogP contribution in [0.5, 0.6) is 11.8 Å². The Bertz CT molecular complexity index is 1420. The molecule has 9 heteroatoms. The predicted octanol–water partition coefficient (Wildman–Crippen LogP) is 4.55. The molecule has 1 N–H and O–H groups in total.